The van der Waals surface area contributed by atoms with E-state index in [1.165, 1.54) is 12.1 Å². The minimum atomic E-state index is -3.88. The summed E-state index contributed by atoms with van der Waals surface area (Å²) >= 11 is 0. The Labute approximate surface area is 158 Å². The molecule has 0 bridgehead atoms. The van der Waals surface area contributed by atoms with Crippen molar-refractivity contribution in [3.8, 4) is 0 Å². The molecule has 0 radical (unpaired) electrons. The molecule has 9 nitrogen and oxygen atoms in total. The van der Waals surface area contributed by atoms with Crippen LogP contribution in [0.4, 0.5) is 5.69 Å². The normalized spacial score (nSPS) is 14.3. The Morgan fingerprint density at radius 3 is 2.33 bits per heavy atom. The Bertz CT molecular complexity index is 792. The van der Waals surface area contributed by atoms with Gasteiger partial charge in [0.1, 0.15) is 0 Å². The van der Waals surface area contributed by atoms with Crippen LogP contribution in [-0.2, 0) is 24.4 Å². The molecule has 3 N–H and O–H groups in total. The molecule has 1 heterocycles. The molecule has 3 amide bonds. The third-order valence-electron chi connectivity index (χ3n) is 3.97. The van der Waals surface area contributed by atoms with Crippen LogP contribution in [0.3, 0.4) is 0 Å². The highest BCUT2D eigenvalue weighted by molar-refractivity contribution is 7.89. The summed E-state index contributed by atoms with van der Waals surface area (Å²) in [5.41, 5.74) is 0.646. The van der Waals surface area contributed by atoms with Gasteiger partial charge in [-0.2, -0.15) is 0 Å². The monoisotopic (exact) mass is 396 g/mol. The van der Waals surface area contributed by atoms with E-state index in [2.05, 4.69) is 15.4 Å². The highest BCUT2D eigenvalue weighted by Gasteiger charge is 2.22. The van der Waals surface area contributed by atoms with Crippen LogP contribution in [0, 0.1) is 0 Å². The Balaban J connectivity index is 1.86. The van der Waals surface area contributed by atoms with E-state index in [4.69, 9.17) is 0 Å². The molecule has 1 aromatic carbocycles. The quantitative estimate of drug-likeness (QED) is 0.530. The molecule has 0 saturated carbocycles. The molecule has 0 spiro atoms. The number of nitrogens with zero attached hydrogens (tertiary/aromatic N) is 1. The predicted molar refractivity (Wildman–Crippen MR) is 99.5 cm³/mol. The van der Waals surface area contributed by atoms with Crippen molar-refractivity contribution >= 4 is 33.4 Å². The summed E-state index contributed by atoms with van der Waals surface area (Å²) in [6, 6.07) is 5.91. The first-order valence-corrected chi connectivity index (χ1v) is 10.3. The van der Waals surface area contributed by atoms with Gasteiger partial charge in [-0.05, 0) is 37.1 Å². The number of benzene rings is 1. The third-order valence-corrected chi connectivity index (χ3v) is 5.39. The molecule has 1 aromatic rings. The number of hydrogen-bond acceptors (Lipinski definition) is 5. The van der Waals surface area contributed by atoms with E-state index in [1.807, 2.05) is 6.92 Å². The molecule has 0 atom stereocenters. The molecule has 1 saturated heterocycles. The van der Waals surface area contributed by atoms with E-state index < -0.39 is 22.5 Å². The SMILES string of the molecule is CCCNC(=O)CNC(=O)CNS(=O)(=O)c1ccc(N2CCCC2=O)cc1. The summed E-state index contributed by atoms with van der Waals surface area (Å²) in [5.74, 6) is -0.923. The predicted octanol–water partition coefficient (Wildman–Crippen LogP) is -0.266. The average Bonchev–Trinajstić information content (AvgIpc) is 3.09. The molecule has 2 rings (SSSR count). The van der Waals surface area contributed by atoms with Crippen molar-refractivity contribution in [1.82, 2.24) is 15.4 Å². The Kier molecular flexibility index (Phi) is 7.31. The van der Waals surface area contributed by atoms with Crippen LogP contribution in [-0.4, -0.2) is 52.3 Å². The first-order chi connectivity index (χ1) is 12.8. The molecule has 148 valence electrons. The molecule has 1 fully saturated rings. The molecule has 0 aliphatic carbocycles. The van der Waals surface area contributed by atoms with Crippen molar-refractivity contribution in [2.24, 2.45) is 0 Å². The first-order valence-electron chi connectivity index (χ1n) is 8.77. The molecule has 1 aliphatic heterocycles. The Morgan fingerprint density at radius 1 is 1.07 bits per heavy atom. The van der Waals surface area contributed by atoms with Crippen LogP contribution in [0.25, 0.3) is 0 Å². The zero-order chi connectivity index (χ0) is 19.9. The number of rotatable bonds is 9. The molecule has 0 aromatic heterocycles. The topological polar surface area (TPSA) is 125 Å². The summed E-state index contributed by atoms with van der Waals surface area (Å²) in [7, 11) is -3.88. The number of carbonyl (C=O) groups excluding carboxylic acids is 3. The lowest BCUT2D eigenvalue weighted by molar-refractivity contribution is -0.125. The fraction of sp³-hybridized carbons (Fsp3) is 0.471. The molecule has 1 aliphatic rings. The number of amides is 3. The van der Waals surface area contributed by atoms with E-state index in [-0.39, 0.29) is 23.3 Å². The second kappa shape index (κ2) is 9.47. The zero-order valence-corrected chi connectivity index (χ0v) is 16.0. The number of hydrogen-bond donors (Lipinski definition) is 3. The van der Waals surface area contributed by atoms with Crippen LogP contribution < -0.4 is 20.3 Å². The molecule has 10 heteroatoms. The maximum Gasteiger partial charge on any atom is 0.241 e. The maximum absolute atomic E-state index is 12.3. The van der Waals surface area contributed by atoms with Gasteiger partial charge in [-0.15, -0.1) is 0 Å². The second-order valence-electron chi connectivity index (χ2n) is 6.09. The van der Waals surface area contributed by atoms with Gasteiger partial charge in [0, 0.05) is 25.2 Å². The van der Waals surface area contributed by atoms with Gasteiger partial charge < -0.3 is 15.5 Å². The van der Waals surface area contributed by atoms with Crippen LogP contribution in [0.15, 0.2) is 29.2 Å². The van der Waals surface area contributed by atoms with Gasteiger partial charge >= 0.3 is 0 Å². The second-order valence-corrected chi connectivity index (χ2v) is 7.86. The largest absolute Gasteiger partial charge is 0.355 e. The number of carbonyl (C=O) groups is 3. The van der Waals surface area contributed by atoms with E-state index in [1.54, 1.807) is 17.0 Å². The van der Waals surface area contributed by atoms with E-state index in [0.29, 0.717) is 25.2 Å². The molecule has 27 heavy (non-hydrogen) atoms. The van der Waals surface area contributed by atoms with Crippen molar-refractivity contribution in [2.75, 3.05) is 31.1 Å². The van der Waals surface area contributed by atoms with Crippen LogP contribution in [0.1, 0.15) is 26.2 Å². The fourth-order valence-corrected chi connectivity index (χ4v) is 3.52. The van der Waals surface area contributed by atoms with Gasteiger partial charge in [-0.25, -0.2) is 13.1 Å². The van der Waals surface area contributed by atoms with Gasteiger partial charge in [0.2, 0.25) is 27.7 Å². The molecular weight excluding hydrogens is 372 g/mol. The number of nitrogens with one attached hydrogen (secondary N) is 3. The average molecular weight is 396 g/mol. The summed E-state index contributed by atoms with van der Waals surface area (Å²) in [4.78, 5) is 36.4. The van der Waals surface area contributed by atoms with Gasteiger partial charge in [-0.1, -0.05) is 6.92 Å². The van der Waals surface area contributed by atoms with Crippen LogP contribution >= 0.6 is 0 Å². The lowest BCUT2D eigenvalue weighted by Crippen LogP contribution is -2.42. The van der Waals surface area contributed by atoms with E-state index in [9.17, 15) is 22.8 Å². The van der Waals surface area contributed by atoms with E-state index >= 15 is 0 Å². The third kappa shape index (κ3) is 6.04. The number of anilines is 1. The smallest absolute Gasteiger partial charge is 0.241 e. The minimum absolute atomic E-state index is 0.00798. The van der Waals surface area contributed by atoms with Crippen LogP contribution in [0.2, 0.25) is 0 Å². The Morgan fingerprint density at radius 2 is 1.74 bits per heavy atom. The number of sulfonamides is 1. The molecular formula is C17H24N4O5S. The standard InChI is InChI=1S/C17H24N4O5S/c1-2-9-18-15(22)11-19-16(23)12-20-27(25,26)14-7-5-13(6-8-14)21-10-3-4-17(21)24/h5-8,20H,2-4,9-12H2,1H3,(H,18,22)(H,19,23). The lowest BCUT2D eigenvalue weighted by Gasteiger charge is -2.16. The summed E-state index contributed by atoms with van der Waals surface area (Å²) < 4.78 is 26.7. The van der Waals surface area contributed by atoms with Crippen molar-refractivity contribution < 1.29 is 22.8 Å². The van der Waals surface area contributed by atoms with Gasteiger partial charge in [0.15, 0.2) is 0 Å². The summed E-state index contributed by atoms with van der Waals surface area (Å²) in [6.45, 7) is 2.35. The van der Waals surface area contributed by atoms with Crippen molar-refractivity contribution in [1.29, 1.82) is 0 Å². The highest BCUT2D eigenvalue weighted by Crippen LogP contribution is 2.22. The van der Waals surface area contributed by atoms with Gasteiger partial charge in [-0.3, -0.25) is 14.4 Å². The zero-order valence-electron chi connectivity index (χ0n) is 15.2. The summed E-state index contributed by atoms with van der Waals surface area (Å²) in [6.07, 6.45) is 2.06. The lowest BCUT2D eigenvalue weighted by atomic mass is 10.3. The van der Waals surface area contributed by atoms with Gasteiger partial charge in [0.05, 0.1) is 18.0 Å². The minimum Gasteiger partial charge on any atom is -0.355 e. The van der Waals surface area contributed by atoms with Crippen molar-refractivity contribution in [3.05, 3.63) is 24.3 Å². The first kappa shape index (κ1) is 20.8. The highest BCUT2D eigenvalue weighted by atomic mass is 32.2. The fourth-order valence-electron chi connectivity index (χ4n) is 2.54. The van der Waals surface area contributed by atoms with E-state index in [0.717, 1.165) is 12.8 Å². The van der Waals surface area contributed by atoms with Crippen LogP contribution in [0.5, 0.6) is 0 Å². The summed E-state index contributed by atoms with van der Waals surface area (Å²) in [5, 5.41) is 4.94. The van der Waals surface area contributed by atoms with Gasteiger partial charge in [0.25, 0.3) is 0 Å². The Hall–Kier alpha value is -2.46. The molecule has 0 unspecified atom stereocenters. The van der Waals surface area contributed by atoms with Crippen molar-refractivity contribution in [3.63, 3.8) is 0 Å². The van der Waals surface area contributed by atoms with Crippen molar-refractivity contribution in [2.45, 2.75) is 31.1 Å². The maximum atomic E-state index is 12.3.